The molecule has 0 unspecified atom stereocenters. The molecule has 0 aliphatic carbocycles. The Balaban J connectivity index is 3.14. The van der Waals surface area contributed by atoms with Crippen LogP contribution in [0, 0.1) is 13.8 Å². The molecule has 0 aliphatic rings. The predicted octanol–water partition coefficient (Wildman–Crippen LogP) is 1.85. The minimum atomic E-state index is -4.64. The fourth-order valence-corrected chi connectivity index (χ4v) is 1.79. The van der Waals surface area contributed by atoms with Crippen molar-refractivity contribution in [2.75, 3.05) is 10.5 Å². The Bertz CT molecular complexity index is 500. The summed E-state index contributed by atoms with van der Waals surface area (Å²) in [5.41, 5.74) is 7.31. The van der Waals surface area contributed by atoms with Crippen LogP contribution < -0.4 is 10.5 Å². The summed E-state index contributed by atoms with van der Waals surface area (Å²) in [6.07, 6.45) is 0. The van der Waals surface area contributed by atoms with Crippen LogP contribution >= 0.6 is 0 Å². The molecular weight excluding hydrogens is 238 g/mol. The van der Waals surface area contributed by atoms with Crippen LogP contribution in [0.5, 0.6) is 0 Å². The Morgan fingerprint density at radius 2 is 1.88 bits per heavy atom. The van der Waals surface area contributed by atoms with Gasteiger partial charge >= 0.3 is 5.76 Å². The van der Waals surface area contributed by atoms with Crippen LogP contribution in [0.1, 0.15) is 11.1 Å². The molecule has 1 rings (SSSR count). The molecule has 3 N–H and O–H groups in total. The van der Waals surface area contributed by atoms with Crippen molar-refractivity contribution in [3.63, 3.8) is 0 Å². The van der Waals surface area contributed by atoms with Crippen molar-refractivity contribution in [3.05, 3.63) is 23.3 Å². The quantitative estimate of drug-likeness (QED) is 0.804. The number of nitrogen functional groups attached to an aromatic ring is 1. The first-order chi connectivity index (χ1) is 7.25. The molecule has 4 nitrogen and oxygen atoms in total. The van der Waals surface area contributed by atoms with Crippen molar-refractivity contribution in [1.29, 1.82) is 0 Å². The molecule has 0 amide bonds. The topological polar surface area (TPSA) is 72.2 Å². The molecule has 0 atom stereocenters. The minimum absolute atomic E-state index is 0.0726. The molecule has 0 saturated carbocycles. The SMILES string of the molecule is Cc1ccc(NS(=O)(=O)C(F)F)c(C)c1N. The molecule has 0 radical (unpaired) electrons. The van der Waals surface area contributed by atoms with E-state index in [1.807, 2.05) is 0 Å². The van der Waals surface area contributed by atoms with Gasteiger partial charge in [-0.3, -0.25) is 4.72 Å². The molecule has 0 aliphatic heterocycles. The highest BCUT2D eigenvalue weighted by Crippen LogP contribution is 2.26. The van der Waals surface area contributed by atoms with E-state index in [1.165, 1.54) is 6.07 Å². The zero-order valence-corrected chi connectivity index (χ0v) is 9.61. The van der Waals surface area contributed by atoms with Gasteiger partial charge in [0, 0.05) is 5.69 Å². The summed E-state index contributed by atoms with van der Waals surface area (Å²) in [5.74, 6) is -3.46. The lowest BCUT2D eigenvalue weighted by molar-refractivity contribution is 0.236. The number of nitrogens with two attached hydrogens (primary N) is 1. The van der Waals surface area contributed by atoms with Gasteiger partial charge in [0.05, 0.1) is 5.69 Å². The average molecular weight is 250 g/mol. The second-order valence-electron chi connectivity index (χ2n) is 3.38. The number of aryl methyl sites for hydroxylation is 1. The highest BCUT2D eigenvalue weighted by Gasteiger charge is 2.24. The van der Waals surface area contributed by atoms with Crippen LogP contribution in [0.2, 0.25) is 0 Å². The van der Waals surface area contributed by atoms with Crippen LogP contribution in [0.25, 0.3) is 0 Å². The lowest BCUT2D eigenvalue weighted by atomic mass is 10.1. The molecule has 1 aromatic rings. The third kappa shape index (κ3) is 2.41. The van der Waals surface area contributed by atoms with E-state index >= 15 is 0 Å². The van der Waals surface area contributed by atoms with Crippen LogP contribution in [0.4, 0.5) is 20.2 Å². The maximum atomic E-state index is 12.1. The van der Waals surface area contributed by atoms with Gasteiger partial charge in [-0.2, -0.15) is 8.78 Å². The molecule has 90 valence electrons. The Labute approximate surface area is 92.5 Å². The molecule has 7 heteroatoms. The van der Waals surface area contributed by atoms with E-state index in [1.54, 1.807) is 24.6 Å². The first-order valence-electron chi connectivity index (χ1n) is 4.41. The lowest BCUT2D eigenvalue weighted by Gasteiger charge is -2.12. The van der Waals surface area contributed by atoms with E-state index < -0.39 is 15.8 Å². The van der Waals surface area contributed by atoms with Gasteiger partial charge in [-0.05, 0) is 31.0 Å². The van der Waals surface area contributed by atoms with Gasteiger partial charge in [0.1, 0.15) is 0 Å². The molecule has 1 aromatic carbocycles. The molecule has 0 saturated heterocycles. The van der Waals surface area contributed by atoms with Crippen molar-refractivity contribution in [3.8, 4) is 0 Å². The van der Waals surface area contributed by atoms with Crippen molar-refractivity contribution >= 4 is 21.4 Å². The summed E-state index contributed by atoms with van der Waals surface area (Å²) in [6.45, 7) is 3.30. The van der Waals surface area contributed by atoms with Gasteiger partial charge < -0.3 is 5.73 Å². The Kier molecular flexibility index (Phi) is 3.37. The summed E-state index contributed by atoms with van der Waals surface area (Å²) < 4.78 is 47.9. The van der Waals surface area contributed by atoms with Crippen molar-refractivity contribution in [2.45, 2.75) is 19.6 Å². The first-order valence-corrected chi connectivity index (χ1v) is 5.96. The number of alkyl halides is 2. The number of benzene rings is 1. The number of rotatable bonds is 3. The van der Waals surface area contributed by atoms with Crippen molar-refractivity contribution < 1.29 is 17.2 Å². The average Bonchev–Trinajstić information content (AvgIpc) is 2.19. The van der Waals surface area contributed by atoms with Crippen molar-refractivity contribution in [2.24, 2.45) is 0 Å². The Morgan fingerprint density at radius 1 is 1.31 bits per heavy atom. The van der Waals surface area contributed by atoms with Crippen LogP contribution in [0.3, 0.4) is 0 Å². The minimum Gasteiger partial charge on any atom is -0.398 e. The predicted molar refractivity (Wildman–Crippen MR) is 58.9 cm³/mol. The van der Waals surface area contributed by atoms with Crippen molar-refractivity contribution in [1.82, 2.24) is 0 Å². The molecule has 0 heterocycles. The summed E-state index contributed by atoms with van der Waals surface area (Å²) in [7, 11) is -4.64. The number of sulfonamides is 1. The van der Waals surface area contributed by atoms with Gasteiger partial charge in [0.2, 0.25) is 0 Å². The summed E-state index contributed by atoms with van der Waals surface area (Å²) >= 11 is 0. The van der Waals surface area contributed by atoms with E-state index in [-0.39, 0.29) is 5.69 Å². The highest BCUT2D eigenvalue weighted by molar-refractivity contribution is 7.93. The summed E-state index contributed by atoms with van der Waals surface area (Å²) in [4.78, 5) is 0. The van der Waals surface area contributed by atoms with E-state index in [0.29, 0.717) is 11.3 Å². The normalized spacial score (nSPS) is 11.8. The van der Waals surface area contributed by atoms with E-state index in [2.05, 4.69) is 0 Å². The van der Waals surface area contributed by atoms with Gasteiger partial charge in [0.15, 0.2) is 0 Å². The molecule has 0 aromatic heterocycles. The molecule has 0 spiro atoms. The second kappa shape index (κ2) is 4.25. The number of anilines is 2. The van der Waals surface area contributed by atoms with Gasteiger partial charge in [-0.25, -0.2) is 8.42 Å². The Hall–Kier alpha value is -1.37. The second-order valence-corrected chi connectivity index (χ2v) is 5.03. The van der Waals surface area contributed by atoms with Gasteiger partial charge in [-0.15, -0.1) is 0 Å². The monoisotopic (exact) mass is 250 g/mol. The van der Waals surface area contributed by atoms with Crippen LogP contribution in [-0.2, 0) is 10.0 Å². The lowest BCUT2D eigenvalue weighted by Crippen LogP contribution is -2.21. The zero-order chi connectivity index (χ0) is 12.5. The van der Waals surface area contributed by atoms with Crippen LogP contribution in [-0.4, -0.2) is 14.2 Å². The molecule has 16 heavy (non-hydrogen) atoms. The third-order valence-corrected chi connectivity index (χ3v) is 3.19. The molecule has 0 fully saturated rings. The maximum absolute atomic E-state index is 12.1. The first kappa shape index (κ1) is 12.7. The number of hydrogen-bond donors (Lipinski definition) is 2. The zero-order valence-electron chi connectivity index (χ0n) is 8.79. The smallest absolute Gasteiger partial charge is 0.355 e. The van der Waals surface area contributed by atoms with E-state index in [0.717, 1.165) is 5.56 Å². The summed E-state index contributed by atoms with van der Waals surface area (Å²) in [5, 5.41) is 0. The fraction of sp³-hybridized carbons (Fsp3) is 0.333. The highest BCUT2D eigenvalue weighted by atomic mass is 32.2. The Morgan fingerprint density at radius 3 is 2.38 bits per heavy atom. The number of hydrogen-bond acceptors (Lipinski definition) is 3. The van der Waals surface area contributed by atoms with Gasteiger partial charge in [-0.1, -0.05) is 6.07 Å². The standard InChI is InChI=1S/C9H12F2N2O2S/c1-5-3-4-7(6(2)8(5)12)13-16(14,15)9(10)11/h3-4,9,13H,12H2,1-2H3. The van der Waals surface area contributed by atoms with E-state index in [4.69, 9.17) is 5.73 Å². The third-order valence-electron chi connectivity index (χ3n) is 2.22. The van der Waals surface area contributed by atoms with E-state index in [9.17, 15) is 17.2 Å². The number of halogens is 2. The van der Waals surface area contributed by atoms with Gasteiger partial charge in [0.25, 0.3) is 10.0 Å². The summed E-state index contributed by atoms with van der Waals surface area (Å²) in [6, 6.07) is 2.96. The molecule has 0 bridgehead atoms. The maximum Gasteiger partial charge on any atom is 0.355 e. The fourth-order valence-electron chi connectivity index (χ4n) is 1.17. The number of nitrogens with one attached hydrogen (secondary N) is 1. The van der Waals surface area contributed by atoms with Crippen LogP contribution in [0.15, 0.2) is 12.1 Å². The largest absolute Gasteiger partial charge is 0.398 e. The molecular formula is C9H12F2N2O2S.